The molecule has 3 fully saturated rings. The normalized spacial score (nSPS) is 24.8. The Labute approximate surface area is 175 Å². The Morgan fingerprint density at radius 1 is 0.966 bits per heavy atom. The second-order valence-corrected chi connectivity index (χ2v) is 8.96. The van der Waals surface area contributed by atoms with Crippen molar-refractivity contribution < 1.29 is 4.79 Å². The van der Waals surface area contributed by atoms with Gasteiger partial charge in [-0.15, -0.1) is 0 Å². The van der Waals surface area contributed by atoms with Crippen molar-refractivity contribution in [3.8, 4) is 0 Å². The SMILES string of the molecule is CCN1CCN(c2ncc(N3CCC(C(=O)N4CCC[C@H](C)C4)CC3)cn2)CC1. The maximum Gasteiger partial charge on any atom is 0.225 e. The van der Waals surface area contributed by atoms with Crippen LogP contribution in [0, 0.1) is 11.8 Å². The Kier molecular flexibility index (Phi) is 6.53. The highest BCUT2D eigenvalue weighted by Crippen LogP contribution is 2.26. The van der Waals surface area contributed by atoms with Crippen LogP contribution in [-0.2, 0) is 4.79 Å². The van der Waals surface area contributed by atoms with Crippen LogP contribution in [0.3, 0.4) is 0 Å². The number of carbonyl (C=O) groups excluding carboxylic acids is 1. The lowest BCUT2D eigenvalue weighted by Crippen LogP contribution is -2.47. The molecule has 0 saturated carbocycles. The molecule has 4 heterocycles. The van der Waals surface area contributed by atoms with Crippen LogP contribution in [0.25, 0.3) is 0 Å². The first kappa shape index (κ1) is 20.4. The molecule has 1 aromatic heterocycles. The third kappa shape index (κ3) is 4.82. The van der Waals surface area contributed by atoms with Gasteiger partial charge in [-0.25, -0.2) is 9.97 Å². The smallest absolute Gasteiger partial charge is 0.225 e. The molecule has 4 rings (SSSR count). The molecule has 0 spiro atoms. The molecule has 0 bridgehead atoms. The van der Waals surface area contributed by atoms with Crippen molar-refractivity contribution in [2.24, 2.45) is 11.8 Å². The van der Waals surface area contributed by atoms with Crippen LogP contribution in [-0.4, -0.2) is 84.6 Å². The Hall–Kier alpha value is -1.89. The number of likely N-dealkylation sites (tertiary alicyclic amines) is 1. The molecule has 1 amide bonds. The molecular formula is C22H36N6O. The van der Waals surface area contributed by atoms with Gasteiger partial charge in [-0.05, 0) is 38.1 Å². The van der Waals surface area contributed by atoms with Gasteiger partial charge in [0.25, 0.3) is 0 Å². The van der Waals surface area contributed by atoms with Gasteiger partial charge >= 0.3 is 0 Å². The summed E-state index contributed by atoms with van der Waals surface area (Å²) in [4.78, 5) is 31.4. The second kappa shape index (κ2) is 9.28. The van der Waals surface area contributed by atoms with Gasteiger partial charge in [0.15, 0.2) is 0 Å². The van der Waals surface area contributed by atoms with Crippen molar-refractivity contribution in [3.63, 3.8) is 0 Å². The standard InChI is InChI=1S/C22H36N6O/c1-3-25-11-13-27(14-12-25)22-23-15-20(16-24-22)26-9-6-19(7-10-26)21(29)28-8-4-5-18(2)17-28/h15-16,18-19H,3-14,17H2,1-2H3/t18-/m0/s1. The Balaban J connectivity index is 1.28. The average molecular weight is 401 g/mol. The summed E-state index contributed by atoms with van der Waals surface area (Å²) in [6.45, 7) is 13.5. The van der Waals surface area contributed by atoms with Crippen molar-refractivity contribution in [2.45, 2.75) is 39.5 Å². The van der Waals surface area contributed by atoms with E-state index in [1.165, 1.54) is 6.42 Å². The van der Waals surface area contributed by atoms with Crippen molar-refractivity contribution in [2.75, 3.05) is 68.7 Å². The van der Waals surface area contributed by atoms with Gasteiger partial charge in [0, 0.05) is 58.3 Å². The number of carbonyl (C=O) groups is 1. The molecular weight excluding hydrogens is 364 g/mol. The van der Waals surface area contributed by atoms with E-state index in [-0.39, 0.29) is 5.92 Å². The Morgan fingerprint density at radius 2 is 1.66 bits per heavy atom. The molecule has 29 heavy (non-hydrogen) atoms. The zero-order chi connectivity index (χ0) is 20.2. The predicted octanol–water partition coefficient (Wildman–Crippen LogP) is 2.09. The first-order valence-electron chi connectivity index (χ1n) is 11.5. The average Bonchev–Trinajstić information content (AvgIpc) is 2.79. The van der Waals surface area contributed by atoms with Crippen LogP contribution in [0.15, 0.2) is 12.4 Å². The third-order valence-electron chi connectivity index (χ3n) is 6.90. The van der Waals surface area contributed by atoms with E-state index in [4.69, 9.17) is 0 Å². The molecule has 1 atom stereocenters. The molecule has 3 saturated heterocycles. The van der Waals surface area contributed by atoms with E-state index < -0.39 is 0 Å². The predicted molar refractivity (Wildman–Crippen MR) is 116 cm³/mol. The monoisotopic (exact) mass is 400 g/mol. The summed E-state index contributed by atoms with van der Waals surface area (Å²) in [6.07, 6.45) is 8.20. The largest absolute Gasteiger partial charge is 0.369 e. The fraction of sp³-hybridized carbons (Fsp3) is 0.773. The van der Waals surface area contributed by atoms with Gasteiger partial charge in [-0.2, -0.15) is 0 Å². The van der Waals surface area contributed by atoms with Gasteiger partial charge < -0.3 is 19.6 Å². The number of likely N-dealkylation sites (N-methyl/N-ethyl adjacent to an activating group) is 1. The molecule has 0 aromatic carbocycles. The number of amides is 1. The van der Waals surface area contributed by atoms with E-state index in [1.54, 1.807) is 0 Å². The number of rotatable bonds is 4. The van der Waals surface area contributed by atoms with E-state index >= 15 is 0 Å². The quantitative estimate of drug-likeness (QED) is 0.771. The first-order valence-corrected chi connectivity index (χ1v) is 11.5. The number of anilines is 2. The van der Waals surface area contributed by atoms with E-state index in [0.29, 0.717) is 11.8 Å². The van der Waals surface area contributed by atoms with Gasteiger partial charge in [0.05, 0.1) is 18.1 Å². The number of hydrogen-bond donors (Lipinski definition) is 0. The summed E-state index contributed by atoms with van der Waals surface area (Å²) in [7, 11) is 0. The molecule has 160 valence electrons. The number of piperidine rings is 2. The summed E-state index contributed by atoms with van der Waals surface area (Å²) in [5, 5.41) is 0. The number of aromatic nitrogens is 2. The first-order chi connectivity index (χ1) is 14.1. The summed E-state index contributed by atoms with van der Waals surface area (Å²) in [5.74, 6) is 2.06. The molecule has 7 heteroatoms. The van der Waals surface area contributed by atoms with Crippen LogP contribution < -0.4 is 9.80 Å². The minimum Gasteiger partial charge on any atom is -0.369 e. The van der Waals surface area contributed by atoms with Crippen LogP contribution in [0.1, 0.15) is 39.5 Å². The van der Waals surface area contributed by atoms with Crippen LogP contribution >= 0.6 is 0 Å². The van der Waals surface area contributed by atoms with Gasteiger partial charge in [-0.1, -0.05) is 13.8 Å². The highest BCUT2D eigenvalue weighted by atomic mass is 16.2. The third-order valence-corrected chi connectivity index (χ3v) is 6.90. The minimum atomic E-state index is 0.187. The zero-order valence-corrected chi connectivity index (χ0v) is 18.1. The highest BCUT2D eigenvalue weighted by Gasteiger charge is 2.30. The van der Waals surface area contributed by atoms with Crippen molar-refractivity contribution in [1.29, 1.82) is 0 Å². The molecule has 3 aliphatic heterocycles. The molecule has 7 nitrogen and oxygen atoms in total. The Bertz CT molecular complexity index is 664. The van der Waals surface area contributed by atoms with E-state index in [1.807, 2.05) is 12.4 Å². The molecule has 0 unspecified atom stereocenters. The van der Waals surface area contributed by atoms with Gasteiger partial charge in [0.1, 0.15) is 0 Å². The van der Waals surface area contributed by atoms with Crippen LogP contribution in [0.2, 0.25) is 0 Å². The summed E-state index contributed by atoms with van der Waals surface area (Å²) >= 11 is 0. The molecule has 0 N–H and O–H groups in total. The van der Waals surface area contributed by atoms with E-state index in [0.717, 1.165) is 89.8 Å². The molecule has 1 aromatic rings. The Morgan fingerprint density at radius 3 is 2.28 bits per heavy atom. The maximum absolute atomic E-state index is 12.9. The van der Waals surface area contributed by atoms with Crippen molar-refractivity contribution in [1.82, 2.24) is 19.8 Å². The van der Waals surface area contributed by atoms with E-state index in [2.05, 4.69) is 43.4 Å². The van der Waals surface area contributed by atoms with Crippen molar-refractivity contribution in [3.05, 3.63) is 12.4 Å². The van der Waals surface area contributed by atoms with Crippen LogP contribution in [0.5, 0.6) is 0 Å². The summed E-state index contributed by atoms with van der Waals surface area (Å²) in [6, 6.07) is 0. The van der Waals surface area contributed by atoms with Gasteiger partial charge in [0.2, 0.25) is 11.9 Å². The zero-order valence-electron chi connectivity index (χ0n) is 18.1. The maximum atomic E-state index is 12.9. The molecule has 0 aliphatic carbocycles. The minimum absolute atomic E-state index is 0.187. The lowest BCUT2D eigenvalue weighted by molar-refractivity contribution is -0.137. The fourth-order valence-electron chi connectivity index (χ4n) is 4.94. The van der Waals surface area contributed by atoms with Crippen molar-refractivity contribution >= 4 is 17.5 Å². The number of piperazine rings is 1. The topological polar surface area (TPSA) is 55.8 Å². The summed E-state index contributed by atoms with van der Waals surface area (Å²) in [5.41, 5.74) is 1.08. The number of hydrogen-bond acceptors (Lipinski definition) is 6. The van der Waals surface area contributed by atoms with E-state index in [9.17, 15) is 4.79 Å². The summed E-state index contributed by atoms with van der Waals surface area (Å²) < 4.78 is 0. The number of nitrogens with zero attached hydrogens (tertiary/aromatic N) is 6. The molecule has 0 radical (unpaired) electrons. The fourth-order valence-corrected chi connectivity index (χ4v) is 4.94. The van der Waals surface area contributed by atoms with Gasteiger partial charge in [-0.3, -0.25) is 4.79 Å². The highest BCUT2D eigenvalue weighted by molar-refractivity contribution is 5.79. The lowest BCUT2D eigenvalue weighted by Gasteiger charge is -2.37. The lowest BCUT2D eigenvalue weighted by atomic mass is 9.92. The molecule has 3 aliphatic rings. The second-order valence-electron chi connectivity index (χ2n) is 8.96. The van der Waals surface area contributed by atoms with Crippen LogP contribution in [0.4, 0.5) is 11.6 Å².